The van der Waals surface area contributed by atoms with Crippen molar-refractivity contribution in [2.24, 2.45) is 17.6 Å². The van der Waals surface area contributed by atoms with E-state index in [0.29, 0.717) is 24.1 Å². The van der Waals surface area contributed by atoms with E-state index in [1.165, 1.54) is 25.7 Å². The second kappa shape index (κ2) is 8.03. The molecule has 21 heavy (non-hydrogen) atoms. The first-order valence-corrected chi connectivity index (χ1v) is 7.88. The summed E-state index contributed by atoms with van der Waals surface area (Å²) in [5.41, 5.74) is 6.57. The SMILES string of the molecule is CC1CCCCC1CNC(=O)COc1ccccc1CN. The van der Waals surface area contributed by atoms with Crippen molar-refractivity contribution in [3.05, 3.63) is 29.8 Å². The smallest absolute Gasteiger partial charge is 0.257 e. The Balaban J connectivity index is 1.74. The average molecular weight is 290 g/mol. The summed E-state index contributed by atoms with van der Waals surface area (Å²) in [5, 5.41) is 3.00. The minimum absolute atomic E-state index is 0.0537. The Morgan fingerprint density at radius 2 is 2.10 bits per heavy atom. The van der Waals surface area contributed by atoms with Crippen LogP contribution in [0.25, 0.3) is 0 Å². The fraction of sp³-hybridized carbons (Fsp3) is 0.588. The van der Waals surface area contributed by atoms with Crippen LogP contribution in [0.15, 0.2) is 24.3 Å². The minimum atomic E-state index is -0.0559. The summed E-state index contributed by atoms with van der Waals surface area (Å²) in [4.78, 5) is 11.9. The maximum Gasteiger partial charge on any atom is 0.257 e. The third-order valence-electron chi connectivity index (χ3n) is 4.40. The number of para-hydroxylation sites is 1. The van der Waals surface area contributed by atoms with Crippen molar-refractivity contribution in [3.8, 4) is 5.75 Å². The van der Waals surface area contributed by atoms with Gasteiger partial charge >= 0.3 is 0 Å². The molecule has 1 aromatic carbocycles. The molecule has 0 aliphatic heterocycles. The van der Waals surface area contributed by atoms with Crippen LogP contribution in [-0.2, 0) is 11.3 Å². The van der Waals surface area contributed by atoms with Gasteiger partial charge in [-0.25, -0.2) is 0 Å². The number of benzene rings is 1. The van der Waals surface area contributed by atoms with Crippen molar-refractivity contribution < 1.29 is 9.53 Å². The number of amides is 1. The number of carbonyl (C=O) groups excluding carboxylic acids is 1. The quantitative estimate of drug-likeness (QED) is 0.846. The lowest BCUT2D eigenvalue weighted by atomic mass is 9.80. The molecular weight excluding hydrogens is 264 g/mol. The molecule has 1 aliphatic carbocycles. The van der Waals surface area contributed by atoms with Gasteiger partial charge in [-0.15, -0.1) is 0 Å². The lowest BCUT2D eigenvalue weighted by Crippen LogP contribution is -2.36. The molecule has 0 radical (unpaired) electrons. The van der Waals surface area contributed by atoms with Gasteiger partial charge in [-0.05, 0) is 24.3 Å². The summed E-state index contributed by atoms with van der Waals surface area (Å²) in [6.45, 7) is 3.52. The summed E-state index contributed by atoms with van der Waals surface area (Å²) in [5.74, 6) is 1.96. The van der Waals surface area contributed by atoms with E-state index in [0.717, 1.165) is 12.1 Å². The molecule has 4 heteroatoms. The first-order valence-electron chi connectivity index (χ1n) is 7.88. The van der Waals surface area contributed by atoms with Gasteiger partial charge in [0.2, 0.25) is 0 Å². The zero-order valence-corrected chi connectivity index (χ0v) is 12.8. The Kier molecular flexibility index (Phi) is 6.05. The van der Waals surface area contributed by atoms with Crippen molar-refractivity contribution in [2.75, 3.05) is 13.2 Å². The van der Waals surface area contributed by atoms with Gasteiger partial charge in [-0.3, -0.25) is 4.79 Å². The first kappa shape index (κ1) is 15.8. The Bertz CT molecular complexity index is 462. The van der Waals surface area contributed by atoms with E-state index in [2.05, 4.69) is 12.2 Å². The van der Waals surface area contributed by atoms with Crippen LogP contribution in [0.5, 0.6) is 5.75 Å². The highest BCUT2D eigenvalue weighted by Gasteiger charge is 2.21. The number of hydrogen-bond acceptors (Lipinski definition) is 3. The van der Waals surface area contributed by atoms with Crippen LogP contribution >= 0.6 is 0 Å². The largest absolute Gasteiger partial charge is 0.483 e. The number of nitrogens with one attached hydrogen (secondary N) is 1. The number of rotatable bonds is 6. The minimum Gasteiger partial charge on any atom is -0.483 e. The molecule has 0 heterocycles. The van der Waals surface area contributed by atoms with Gasteiger partial charge in [0.05, 0.1) is 0 Å². The number of ether oxygens (including phenoxy) is 1. The van der Waals surface area contributed by atoms with E-state index in [9.17, 15) is 4.79 Å². The zero-order chi connectivity index (χ0) is 15.1. The van der Waals surface area contributed by atoms with Crippen LogP contribution in [0.2, 0.25) is 0 Å². The lowest BCUT2D eigenvalue weighted by Gasteiger charge is -2.28. The molecule has 1 amide bonds. The predicted molar refractivity (Wildman–Crippen MR) is 84.0 cm³/mol. The normalized spacial score (nSPS) is 21.8. The van der Waals surface area contributed by atoms with Gasteiger partial charge in [0.15, 0.2) is 6.61 Å². The van der Waals surface area contributed by atoms with E-state index in [4.69, 9.17) is 10.5 Å². The second-order valence-electron chi connectivity index (χ2n) is 5.93. The summed E-state index contributed by atoms with van der Waals surface area (Å²) in [6.07, 6.45) is 5.11. The molecule has 2 atom stereocenters. The van der Waals surface area contributed by atoms with Crippen molar-refractivity contribution in [1.29, 1.82) is 0 Å². The van der Waals surface area contributed by atoms with E-state index >= 15 is 0 Å². The molecule has 1 fully saturated rings. The van der Waals surface area contributed by atoms with Gasteiger partial charge in [-0.2, -0.15) is 0 Å². The van der Waals surface area contributed by atoms with Crippen molar-refractivity contribution in [3.63, 3.8) is 0 Å². The summed E-state index contributed by atoms with van der Waals surface area (Å²) in [7, 11) is 0. The van der Waals surface area contributed by atoms with Crippen LogP contribution < -0.4 is 15.8 Å². The van der Waals surface area contributed by atoms with E-state index in [-0.39, 0.29) is 12.5 Å². The highest BCUT2D eigenvalue weighted by molar-refractivity contribution is 5.77. The van der Waals surface area contributed by atoms with Crippen molar-refractivity contribution in [2.45, 2.75) is 39.2 Å². The molecule has 0 aromatic heterocycles. The highest BCUT2D eigenvalue weighted by Crippen LogP contribution is 2.28. The molecule has 1 aliphatic rings. The van der Waals surface area contributed by atoms with E-state index in [1.807, 2.05) is 24.3 Å². The van der Waals surface area contributed by atoms with E-state index < -0.39 is 0 Å². The van der Waals surface area contributed by atoms with Crippen LogP contribution in [0.3, 0.4) is 0 Å². The molecule has 0 saturated heterocycles. The Labute approximate surface area is 127 Å². The number of hydrogen-bond donors (Lipinski definition) is 2. The van der Waals surface area contributed by atoms with Crippen LogP contribution in [0.4, 0.5) is 0 Å². The Morgan fingerprint density at radius 3 is 2.86 bits per heavy atom. The molecule has 116 valence electrons. The number of carbonyl (C=O) groups is 1. The second-order valence-corrected chi connectivity index (χ2v) is 5.93. The third-order valence-corrected chi connectivity index (χ3v) is 4.40. The average Bonchev–Trinajstić information content (AvgIpc) is 2.52. The van der Waals surface area contributed by atoms with Gasteiger partial charge in [-0.1, -0.05) is 44.4 Å². The number of nitrogens with two attached hydrogens (primary N) is 1. The molecule has 2 rings (SSSR count). The summed E-state index contributed by atoms with van der Waals surface area (Å²) < 4.78 is 5.56. The zero-order valence-electron chi connectivity index (χ0n) is 12.8. The van der Waals surface area contributed by atoms with Crippen molar-refractivity contribution in [1.82, 2.24) is 5.32 Å². The summed E-state index contributed by atoms with van der Waals surface area (Å²) >= 11 is 0. The Morgan fingerprint density at radius 1 is 1.33 bits per heavy atom. The fourth-order valence-electron chi connectivity index (χ4n) is 2.95. The van der Waals surface area contributed by atoms with Gasteiger partial charge in [0.1, 0.15) is 5.75 Å². The molecule has 0 spiro atoms. The fourth-order valence-corrected chi connectivity index (χ4v) is 2.95. The maximum absolute atomic E-state index is 11.9. The molecule has 1 aromatic rings. The lowest BCUT2D eigenvalue weighted by molar-refractivity contribution is -0.123. The maximum atomic E-state index is 11.9. The van der Waals surface area contributed by atoms with Crippen LogP contribution in [0, 0.1) is 11.8 Å². The van der Waals surface area contributed by atoms with Gasteiger partial charge in [0.25, 0.3) is 5.91 Å². The molecular formula is C17H26N2O2. The van der Waals surface area contributed by atoms with Crippen molar-refractivity contribution >= 4 is 5.91 Å². The van der Waals surface area contributed by atoms with Crippen LogP contribution in [0.1, 0.15) is 38.2 Å². The van der Waals surface area contributed by atoms with E-state index in [1.54, 1.807) is 0 Å². The topological polar surface area (TPSA) is 64.3 Å². The van der Waals surface area contributed by atoms with Gasteiger partial charge < -0.3 is 15.8 Å². The molecule has 1 saturated carbocycles. The Hall–Kier alpha value is -1.55. The standard InChI is InChI=1S/C17H26N2O2/c1-13-6-2-3-8-15(13)11-19-17(20)12-21-16-9-5-4-7-14(16)10-18/h4-5,7,9,13,15H,2-3,6,8,10-12,18H2,1H3,(H,19,20). The molecule has 3 N–H and O–H groups in total. The molecule has 4 nitrogen and oxygen atoms in total. The first-order chi connectivity index (χ1) is 10.2. The molecule has 0 bridgehead atoms. The summed E-state index contributed by atoms with van der Waals surface area (Å²) in [6, 6.07) is 7.56. The van der Waals surface area contributed by atoms with Gasteiger partial charge in [0, 0.05) is 18.7 Å². The highest BCUT2D eigenvalue weighted by atomic mass is 16.5. The van der Waals surface area contributed by atoms with Crippen LogP contribution in [-0.4, -0.2) is 19.1 Å². The molecule has 2 unspecified atom stereocenters. The third kappa shape index (κ3) is 4.74. The monoisotopic (exact) mass is 290 g/mol. The predicted octanol–water partition coefficient (Wildman–Crippen LogP) is 2.47.